The maximum Gasteiger partial charge on any atom is 0.264 e. The second kappa shape index (κ2) is 14.1. The molecule has 3 rings (SSSR count). The van der Waals surface area contributed by atoms with E-state index < -0.39 is 34.3 Å². The molecule has 0 bridgehead atoms. The Labute approximate surface area is 242 Å². The molecule has 0 saturated heterocycles. The number of anilines is 1. The van der Waals surface area contributed by atoms with E-state index in [0.29, 0.717) is 29.8 Å². The van der Waals surface area contributed by atoms with Gasteiger partial charge in [-0.15, -0.1) is 0 Å². The van der Waals surface area contributed by atoms with Gasteiger partial charge in [-0.3, -0.25) is 13.9 Å². The summed E-state index contributed by atoms with van der Waals surface area (Å²) in [5.74, 6) is -0.842. The van der Waals surface area contributed by atoms with Crippen molar-refractivity contribution in [1.82, 2.24) is 10.2 Å². The number of rotatable bonds is 13. The van der Waals surface area contributed by atoms with Gasteiger partial charge in [0.05, 0.1) is 17.7 Å². The monoisotopic (exact) mass is 583 g/mol. The number of nitrogens with zero attached hydrogens (tertiary/aromatic N) is 2. The summed E-state index contributed by atoms with van der Waals surface area (Å²) in [5, 5.41) is 2.93. The number of halogens is 1. The van der Waals surface area contributed by atoms with Crippen molar-refractivity contribution in [2.45, 2.75) is 64.1 Å². The first-order valence-electron chi connectivity index (χ1n) is 13.6. The molecule has 0 fully saturated rings. The van der Waals surface area contributed by atoms with Gasteiger partial charge in [0, 0.05) is 12.6 Å². The van der Waals surface area contributed by atoms with Gasteiger partial charge < -0.3 is 15.0 Å². The van der Waals surface area contributed by atoms with Gasteiger partial charge in [-0.1, -0.05) is 43.7 Å². The first-order valence-corrected chi connectivity index (χ1v) is 15.0. The van der Waals surface area contributed by atoms with E-state index >= 15 is 0 Å². The maximum absolute atomic E-state index is 14.0. The number of carbonyl (C=O) groups excluding carboxylic acids is 2. The Bertz CT molecular complexity index is 1410. The van der Waals surface area contributed by atoms with Crippen molar-refractivity contribution in [2.75, 3.05) is 18.0 Å². The number of hydrogen-bond acceptors (Lipinski definition) is 5. The minimum Gasteiger partial charge on any atom is -0.497 e. The van der Waals surface area contributed by atoms with Crippen molar-refractivity contribution < 1.29 is 27.1 Å². The average Bonchev–Trinajstić information content (AvgIpc) is 2.97. The van der Waals surface area contributed by atoms with Crippen LogP contribution >= 0.6 is 0 Å². The van der Waals surface area contributed by atoms with Crippen LogP contribution in [0.2, 0.25) is 0 Å². The van der Waals surface area contributed by atoms with Gasteiger partial charge in [-0.2, -0.15) is 0 Å². The van der Waals surface area contributed by atoms with Gasteiger partial charge in [-0.05, 0) is 80.8 Å². The molecule has 0 aliphatic rings. The molecule has 41 heavy (non-hydrogen) atoms. The number of nitrogens with one attached hydrogen (secondary N) is 1. The van der Waals surface area contributed by atoms with Gasteiger partial charge in [0.25, 0.3) is 10.0 Å². The molecule has 3 aromatic rings. The van der Waals surface area contributed by atoms with Crippen LogP contribution in [0.4, 0.5) is 10.1 Å². The largest absolute Gasteiger partial charge is 0.497 e. The van der Waals surface area contributed by atoms with Gasteiger partial charge in [0.1, 0.15) is 24.2 Å². The lowest BCUT2D eigenvalue weighted by molar-refractivity contribution is -0.140. The fraction of sp³-hybridized carbons (Fsp3) is 0.355. The Morgan fingerprint density at radius 1 is 0.927 bits per heavy atom. The van der Waals surface area contributed by atoms with Crippen molar-refractivity contribution in [1.29, 1.82) is 0 Å². The van der Waals surface area contributed by atoms with Crippen LogP contribution in [0.15, 0.2) is 77.7 Å². The van der Waals surface area contributed by atoms with Crippen LogP contribution in [-0.4, -0.2) is 50.9 Å². The molecular weight excluding hydrogens is 545 g/mol. The third-order valence-corrected chi connectivity index (χ3v) is 8.69. The van der Waals surface area contributed by atoms with Crippen molar-refractivity contribution in [2.24, 2.45) is 0 Å². The molecule has 2 atom stereocenters. The van der Waals surface area contributed by atoms with Crippen LogP contribution in [0.25, 0.3) is 0 Å². The lowest BCUT2D eigenvalue weighted by Gasteiger charge is -2.33. The summed E-state index contributed by atoms with van der Waals surface area (Å²) in [7, 11) is -2.71. The van der Waals surface area contributed by atoms with Crippen molar-refractivity contribution in [3.05, 3.63) is 89.7 Å². The Balaban J connectivity index is 2.05. The zero-order chi connectivity index (χ0) is 30.2. The SMILES string of the molecule is CC[C@@H](C)NC(=O)[C@@H](CC)N(Cc1ccc(F)cc1)C(=O)CN(c1ccc(C)cc1)S(=O)(=O)c1ccc(OC)cc1. The smallest absolute Gasteiger partial charge is 0.264 e. The molecule has 0 unspecified atom stereocenters. The minimum absolute atomic E-state index is 0.00410. The number of hydrogen-bond donors (Lipinski definition) is 1. The molecule has 1 N–H and O–H groups in total. The molecule has 0 aliphatic carbocycles. The Morgan fingerprint density at radius 2 is 1.54 bits per heavy atom. The first-order chi connectivity index (χ1) is 19.5. The predicted molar refractivity (Wildman–Crippen MR) is 158 cm³/mol. The highest BCUT2D eigenvalue weighted by atomic mass is 32.2. The van der Waals surface area contributed by atoms with E-state index in [-0.39, 0.29) is 23.4 Å². The number of sulfonamides is 1. The summed E-state index contributed by atoms with van der Waals surface area (Å²) in [4.78, 5) is 28.7. The van der Waals surface area contributed by atoms with E-state index in [9.17, 15) is 22.4 Å². The molecule has 0 saturated carbocycles. The predicted octanol–water partition coefficient (Wildman–Crippen LogP) is 5.06. The highest BCUT2D eigenvalue weighted by molar-refractivity contribution is 7.92. The van der Waals surface area contributed by atoms with E-state index in [4.69, 9.17) is 4.74 Å². The number of methoxy groups -OCH3 is 1. The second-order valence-electron chi connectivity index (χ2n) is 9.91. The molecule has 0 aromatic heterocycles. The molecule has 0 radical (unpaired) electrons. The van der Waals surface area contributed by atoms with Gasteiger partial charge in [-0.25, -0.2) is 12.8 Å². The number of ether oxygens (including phenoxy) is 1. The normalized spacial score (nSPS) is 12.7. The van der Waals surface area contributed by atoms with E-state index in [1.165, 1.54) is 48.4 Å². The molecule has 2 amide bonds. The molecular formula is C31H38FN3O5S. The van der Waals surface area contributed by atoms with E-state index in [1.54, 1.807) is 43.3 Å². The van der Waals surface area contributed by atoms with E-state index in [0.717, 1.165) is 9.87 Å². The van der Waals surface area contributed by atoms with Crippen molar-refractivity contribution >= 4 is 27.5 Å². The topological polar surface area (TPSA) is 96.0 Å². The molecule has 0 aliphatic heterocycles. The molecule has 3 aromatic carbocycles. The third kappa shape index (κ3) is 8.07. The summed E-state index contributed by atoms with van der Waals surface area (Å²) in [5.41, 5.74) is 1.83. The fourth-order valence-corrected chi connectivity index (χ4v) is 5.68. The molecule has 0 spiro atoms. The van der Waals surface area contributed by atoms with Crippen LogP contribution in [-0.2, 0) is 26.2 Å². The summed E-state index contributed by atoms with van der Waals surface area (Å²) in [6, 6.07) is 17.4. The molecule has 0 heterocycles. The van der Waals surface area contributed by atoms with Crippen LogP contribution in [0.5, 0.6) is 5.75 Å². The maximum atomic E-state index is 14.0. The number of benzene rings is 3. The molecule has 8 nitrogen and oxygen atoms in total. The van der Waals surface area contributed by atoms with Gasteiger partial charge in [0.15, 0.2) is 0 Å². The zero-order valence-electron chi connectivity index (χ0n) is 24.1. The first kappa shape index (κ1) is 31.6. The number of amides is 2. The van der Waals surface area contributed by atoms with Crippen molar-refractivity contribution in [3.63, 3.8) is 0 Å². The van der Waals surface area contributed by atoms with Crippen LogP contribution in [0, 0.1) is 12.7 Å². The van der Waals surface area contributed by atoms with Crippen LogP contribution in [0.3, 0.4) is 0 Å². The zero-order valence-corrected chi connectivity index (χ0v) is 24.9. The standard InChI is InChI=1S/C31H38FN3O5S/c1-6-23(4)33-31(37)29(7-2)34(20-24-10-12-25(32)13-11-24)30(36)21-35(26-14-8-22(3)9-15-26)41(38,39)28-18-16-27(40-5)17-19-28/h8-19,23,29H,6-7,20-21H2,1-5H3,(H,33,37)/t23-,29-/m1/s1. The summed E-state index contributed by atoms with van der Waals surface area (Å²) < 4.78 is 47.7. The number of carbonyl (C=O) groups is 2. The second-order valence-corrected chi connectivity index (χ2v) is 11.8. The Kier molecular flexibility index (Phi) is 10.9. The van der Waals surface area contributed by atoms with E-state index in [1.807, 2.05) is 20.8 Å². The van der Waals surface area contributed by atoms with E-state index in [2.05, 4.69) is 5.32 Å². The highest BCUT2D eigenvalue weighted by Crippen LogP contribution is 2.26. The number of aryl methyl sites for hydroxylation is 1. The van der Waals surface area contributed by atoms with Gasteiger partial charge >= 0.3 is 0 Å². The lowest BCUT2D eigenvalue weighted by atomic mass is 10.1. The average molecular weight is 584 g/mol. The summed E-state index contributed by atoms with van der Waals surface area (Å²) in [6.07, 6.45) is 1.00. The van der Waals surface area contributed by atoms with Crippen LogP contribution < -0.4 is 14.4 Å². The minimum atomic E-state index is -4.19. The molecule has 10 heteroatoms. The summed E-state index contributed by atoms with van der Waals surface area (Å²) >= 11 is 0. The quantitative estimate of drug-likeness (QED) is 0.304. The highest BCUT2D eigenvalue weighted by Gasteiger charge is 2.34. The Morgan fingerprint density at radius 3 is 2.07 bits per heavy atom. The lowest BCUT2D eigenvalue weighted by Crippen LogP contribution is -2.53. The molecule has 220 valence electrons. The summed E-state index contributed by atoms with van der Waals surface area (Å²) in [6.45, 7) is 6.93. The van der Waals surface area contributed by atoms with Gasteiger partial charge in [0.2, 0.25) is 11.8 Å². The van der Waals surface area contributed by atoms with Crippen LogP contribution in [0.1, 0.15) is 44.7 Å². The van der Waals surface area contributed by atoms with Crippen molar-refractivity contribution in [3.8, 4) is 5.75 Å². The third-order valence-electron chi connectivity index (χ3n) is 6.90. The Hall–Kier alpha value is -3.92. The fourth-order valence-electron chi connectivity index (χ4n) is 4.26.